The number of aryl methyl sites for hydroxylation is 2. The minimum Gasteiger partial charge on any atom is -0.489 e. The summed E-state index contributed by atoms with van der Waals surface area (Å²) in [6.45, 7) is 5.92. The van der Waals surface area contributed by atoms with Crippen molar-refractivity contribution in [1.82, 2.24) is 14.8 Å². The van der Waals surface area contributed by atoms with Gasteiger partial charge in [-0.05, 0) is 38.5 Å². The van der Waals surface area contributed by atoms with Crippen molar-refractivity contribution in [2.45, 2.75) is 32.9 Å². The van der Waals surface area contributed by atoms with E-state index in [0.717, 1.165) is 22.7 Å². The molecule has 2 aromatic rings. The van der Waals surface area contributed by atoms with Gasteiger partial charge in [-0.2, -0.15) is 5.10 Å². The SMILES string of the molecule is Cc1cc(C(N)c2cncc(OC(C)C)c2)n(C)n1. The molecule has 0 spiro atoms. The topological polar surface area (TPSA) is 66.0 Å². The Balaban J connectivity index is 2.28. The molecule has 0 aliphatic heterocycles. The molecule has 0 saturated heterocycles. The molecule has 0 aliphatic rings. The van der Waals surface area contributed by atoms with Crippen molar-refractivity contribution >= 4 is 0 Å². The quantitative estimate of drug-likeness (QED) is 0.912. The maximum Gasteiger partial charge on any atom is 0.138 e. The van der Waals surface area contributed by atoms with Gasteiger partial charge in [-0.25, -0.2) is 0 Å². The average molecular weight is 260 g/mol. The number of nitrogens with zero attached hydrogens (tertiary/aromatic N) is 3. The Kier molecular flexibility index (Phi) is 3.85. The van der Waals surface area contributed by atoms with Crippen LogP contribution in [0.4, 0.5) is 0 Å². The van der Waals surface area contributed by atoms with Crippen molar-refractivity contribution in [3.05, 3.63) is 41.5 Å². The summed E-state index contributed by atoms with van der Waals surface area (Å²) in [6.07, 6.45) is 3.58. The molecule has 2 rings (SSSR count). The fourth-order valence-electron chi connectivity index (χ4n) is 2.03. The van der Waals surface area contributed by atoms with Gasteiger partial charge in [-0.3, -0.25) is 9.67 Å². The Bertz CT molecular complexity index is 562. The van der Waals surface area contributed by atoms with E-state index in [-0.39, 0.29) is 12.1 Å². The first kappa shape index (κ1) is 13.5. The molecule has 0 bridgehead atoms. The van der Waals surface area contributed by atoms with Gasteiger partial charge in [0.2, 0.25) is 0 Å². The fraction of sp³-hybridized carbons (Fsp3) is 0.429. The molecule has 19 heavy (non-hydrogen) atoms. The van der Waals surface area contributed by atoms with E-state index >= 15 is 0 Å². The summed E-state index contributed by atoms with van der Waals surface area (Å²) in [6, 6.07) is 3.66. The van der Waals surface area contributed by atoms with Crippen molar-refractivity contribution < 1.29 is 4.74 Å². The standard InChI is InChI=1S/C14H20N4O/c1-9(2)19-12-6-11(7-16-8-12)14(15)13-5-10(3)17-18(13)4/h5-9,14H,15H2,1-4H3. The van der Waals surface area contributed by atoms with E-state index in [1.807, 2.05) is 40.0 Å². The summed E-state index contributed by atoms with van der Waals surface area (Å²) in [5, 5.41) is 4.31. The first-order valence-electron chi connectivity index (χ1n) is 6.35. The van der Waals surface area contributed by atoms with Crippen LogP contribution in [-0.4, -0.2) is 20.9 Å². The first-order chi connectivity index (χ1) is 8.97. The van der Waals surface area contributed by atoms with E-state index in [1.54, 1.807) is 17.1 Å². The highest BCUT2D eigenvalue weighted by Crippen LogP contribution is 2.22. The number of ether oxygens (including phenoxy) is 1. The van der Waals surface area contributed by atoms with Crippen LogP contribution >= 0.6 is 0 Å². The zero-order valence-electron chi connectivity index (χ0n) is 11.8. The fourth-order valence-corrected chi connectivity index (χ4v) is 2.03. The van der Waals surface area contributed by atoms with Gasteiger partial charge in [0.1, 0.15) is 5.75 Å². The van der Waals surface area contributed by atoms with Crippen molar-refractivity contribution in [3.8, 4) is 5.75 Å². The number of hydrogen-bond donors (Lipinski definition) is 1. The van der Waals surface area contributed by atoms with Gasteiger partial charge in [0.25, 0.3) is 0 Å². The third-order valence-electron chi connectivity index (χ3n) is 2.82. The normalized spacial score (nSPS) is 12.7. The summed E-state index contributed by atoms with van der Waals surface area (Å²) in [5.74, 6) is 0.738. The second kappa shape index (κ2) is 5.40. The van der Waals surface area contributed by atoms with Crippen LogP contribution in [0.2, 0.25) is 0 Å². The van der Waals surface area contributed by atoms with Gasteiger partial charge < -0.3 is 10.5 Å². The Morgan fingerprint density at radius 2 is 2.00 bits per heavy atom. The summed E-state index contributed by atoms with van der Waals surface area (Å²) in [7, 11) is 1.89. The number of hydrogen-bond acceptors (Lipinski definition) is 4. The maximum absolute atomic E-state index is 6.27. The summed E-state index contributed by atoms with van der Waals surface area (Å²) in [4.78, 5) is 4.19. The highest BCUT2D eigenvalue weighted by molar-refractivity contribution is 5.31. The lowest BCUT2D eigenvalue weighted by Gasteiger charge is -2.14. The van der Waals surface area contributed by atoms with Gasteiger partial charge in [0, 0.05) is 13.2 Å². The molecule has 0 radical (unpaired) electrons. The van der Waals surface area contributed by atoms with Crippen molar-refractivity contribution in [2.24, 2.45) is 12.8 Å². The molecular formula is C14H20N4O. The molecule has 0 amide bonds. The highest BCUT2D eigenvalue weighted by atomic mass is 16.5. The maximum atomic E-state index is 6.27. The van der Waals surface area contributed by atoms with E-state index in [2.05, 4.69) is 10.1 Å². The molecule has 0 saturated carbocycles. The number of pyridine rings is 1. The van der Waals surface area contributed by atoms with Crippen molar-refractivity contribution in [1.29, 1.82) is 0 Å². The molecule has 102 valence electrons. The van der Waals surface area contributed by atoms with E-state index in [1.165, 1.54) is 0 Å². The molecule has 0 fully saturated rings. The van der Waals surface area contributed by atoms with Gasteiger partial charge in [0.05, 0.1) is 29.7 Å². The van der Waals surface area contributed by atoms with Crippen LogP contribution in [0.15, 0.2) is 24.5 Å². The third-order valence-corrected chi connectivity index (χ3v) is 2.82. The second-order valence-electron chi connectivity index (χ2n) is 4.93. The number of rotatable bonds is 4. The molecule has 2 heterocycles. The van der Waals surface area contributed by atoms with Crippen LogP contribution in [-0.2, 0) is 7.05 Å². The van der Waals surface area contributed by atoms with Gasteiger partial charge >= 0.3 is 0 Å². The van der Waals surface area contributed by atoms with Crippen molar-refractivity contribution in [2.75, 3.05) is 0 Å². The Morgan fingerprint density at radius 3 is 2.58 bits per heavy atom. The van der Waals surface area contributed by atoms with Gasteiger partial charge in [0.15, 0.2) is 0 Å². The van der Waals surface area contributed by atoms with E-state index < -0.39 is 0 Å². The van der Waals surface area contributed by atoms with Crippen LogP contribution in [0, 0.1) is 6.92 Å². The lowest BCUT2D eigenvalue weighted by atomic mass is 10.1. The number of aromatic nitrogens is 3. The molecule has 2 N–H and O–H groups in total. The third kappa shape index (κ3) is 3.12. The zero-order valence-corrected chi connectivity index (χ0v) is 11.8. The van der Waals surface area contributed by atoms with Crippen LogP contribution < -0.4 is 10.5 Å². The second-order valence-corrected chi connectivity index (χ2v) is 4.93. The molecule has 5 heteroatoms. The lowest BCUT2D eigenvalue weighted by Crippen LogP contribution is -2.16. The average Bonchev–Trinajstić information content (AvgIpc) is 2.67. The number of nitrogens with two attached hydrogens (primary N) is 1. The van der Waals surface area contributed by atoms with E-state index in [4.69, 9.17) is 10.5 Å². The molecule has 5 nitrogen and oxygen atoms in total. The summed E-state index contributed by atoms with van der Waals surface area (Å²) in [5.41, 5.74) is 9.10. The highest BCUT2D eigenvalue weighted by Gasteiger charge is 2.15. The van der Waals surface area contributed by atoms with Crippen LogP contribution in [0.5, 0.6) is 5.75 Å². The largest absolute Gasteiger partial charge is 0.489 e. The summed E-state index contributed by atoms with van der Waals surface area (Å²) < 4.78 is 7.44. The van der Waals surface area contributed by atoms with Crippen LogP contribution in [0.25, 0.3) is 0 Å². The Hall–Kier alpha value is -1.88. The Morgan fingerprint density at radius 1 is 1.26 bits per heavy atom. The van der Waals surface area contributed by atoms with Gasteiger partial charge in [-0.1, -0.05) is 0 Å². The van der Waals surface area contributed by atoms with E-state index in [0.29, 0.717) is 0 Å². The first-order valence-corrected chi connectivity index (χ1v) is 6.35. The molecule has 1 unspecified atom stereocenters. The minimum absolute atomic E-state index is 0.118. The van der Waals surface area contributed by atoms with Gasteiger partial charge in [-0.15, -0.1) is 0 Å². The summed E-state index contributed by atoms with van der Waals surface area (Å²) >= 11 is 0. The molecule has 0 aromatic carbocycles. The lowest BCUT2D eigenvalue weighted by molar-refractivity contribution is 0.241. The Labute approximate surface area is 113 Å². The zero-order chi connectivity index (χ0) is 14.0. The van der Waals surface area contributed by atoms with Crippen LogP contribution in [0.3, 0.4) is 0 Å². The molecule has 1 atom stereocenters. The smallest absolute Gasteiger partial charge is 0.138 e. The van der Waals surface area contributed by atoms with Crippen molar-refractivity contribution in [3.63, 3.8) is 0 Å². The van der Waals surface area contributed by atoms with Crippen LogP contribution in [0.1, 0.15) is 36.8 Å². The predicted molar refractivity (Wildman–Crippen MR) is 74.0 cm³/mol. The predicted octanol–water partition coefficient (Wildman–Crippen LogP) is 1.96. The minimum atomic E-state index is -0.255. The monoisotopic (exact) mass is 260 g/mol. The molecule has 2 aromatic heterocycles. The molecular weight excluding hydrogens is 240 g/mol. The van der Waals surface area contributed by atoms with E-state index in [9.17, 15) is 0 Å². The molecule has 0 aliphatic carbocycles.